The van der Waals surface area contributed by atoms with Crippen LogP contribution in [0.1, 0.15) is 50.2 Å². The van der Waals surface area contributed by atoms with E-state index >= 15 is 0 Å². The van der Waals surface area contributed by atoms with Gasteiger partial charge in [0.05, 0.1) is 6.04 Å². The standard InChI is InChI=1S/C14H23NO2/c1-3-9-15-14(11-5-4-6-11)13-8-7-12(17-13)10-16-2/h7-8,11,14-15H,3-6,9-10H2,1-2H3. The second kappa shape index (κ2) is 6.22. The number of ether oxygens (including phenoxy) is 1. The zero-order valence-corrected chi connectivity index (χ0v) is 10.9. The van der Waals surface area contributed by atoms with Gasteiger partial charge in [0.15, 0.2) is 0 Å². The summed E-state index contributed by atoms with van der Waals surface area (Å²) in [5, 5.41) is 3.61. The summed E-state index contributed by atoms with van der Waals surface area (Å²) < 4.78 is 10.9. The molecule has 1 aromatic rings. The normalized spacial score (nSPS) is 18.0. The molecule has 96 valence electrons. The number of methoxy groups -OCH3 is 1. The van der Waals surface area contributed by atoms with Gasteiger partial charge in [0.2, 0.25) is 0 Å². The van der Waals surface area contributed by atoms with E-state index in [0.29, 0.717) is 12.6 Å². The Balaban J connectivity index is 2.01. The highest BCUT2D eigenvalue weighted by molar-refractivity contribution is 5.12. The van der Waals surface area contributed by atoms with Gasteiger partial charge >= 0.3 is 0 Å². The van der Waals surface area contributed by atoms with Crippen LogP contribution in [0, 0.1) is 5.92 Å². The molecular weight excluding hydrogens is 214 g/mol. The molecule has 1 aliphatic carbocycles. The Bertz CT molecular complexity index is 331. The highest BCUT2D eigenvalue weighted by Crippen LogP contribution is 2.38. The average Bonchev–Trinajstić information content (AvgIpc) is 2.70. The van der Waals surface area contributed by atoms with Crippen LogP contribution in [0.15, 0.2) is 16.5 Å². The van der Waals surface area contributed by atoms with Gasteiger partial charge < -0.3 is 14.5 Å². The fourth-order valence-electron chi connectivity index (χ4n) is 2.35. The van der Waals surface area contributed by atoms with E-state index in [2.05, 4.69) is 18.3 Å². The van der Waals surface area contributed by atoms with Gasteiger partial charge in [0.25, 0.3) is 0 Å². The summed E-state index contributed by atoms with van der Waals surface area (Å²) >= 11 is 0. The zero-order chi connectivity index (χ0) is 12.1. The molecule has 2 rings (SSSR count). The van der Waals surface area contributed by atoms with Gasteiger partial charge in [0, 0.05) is 7.11 Å². The molecule has 0 saturated heterocycles. The van der Waals surface area contributed by atoms with Crippen molar-refractivity contribution in [1.82, 2.24) is 5.32 Å². The van der Waals surface area contributed by atoms with Crippen molar-refractivity contribution in [2.75, 3.05) is 13.7 Å². The van der Waals surface area contributed by atoms with Crippen LogP contribution >= 0.6 is 0 Å². The van der Waals surface area contributed by atoms with Crippen LogP contribution in [-0.2, 0) is 11.3 Å². The molecular formula is C14H23NO2. The summed E-state index contributed by atoms with van der Waals surface area (Å²) in [6, 6.07) is 4.52. The lowest BCUT2D eigenvalue weighted by atomic mass is 9.79. The molecule has 0 spiro atoms. The molecule has 17 heavy (non-hydrogen) atoms. The lowest BCUT2D eigenvalue weighted by Gasteiger charge is -2.33. The molecule has 0 bridgehead atoms. The molecule has 3 nitrogen and oxygen atoms in total. The summed E-state index contributed by atoms with van der Waals surface area (Å²) in [6.07, 6.45) is 5.17. The highest BCUT2D eigenvalue weighted by atomic mass is 16.5. The molecule has 1 unspecified atom stereocenters. The smallest absolute Gasteiger partial charge is 0.129 e. The van der Waals surface area contributed by atoms with Gasteiger partial charge in [-0.05, 0) is 43.9 Å². The monoisotopic (exact) mass is 237 g/mol. The minimum atomic E-state index is 0.398. The van der Waals surface area contributed by atoms with Crippen LogP contribution in [0.5, 0.6) is 0 Å². The van der Waals surface area contributed by atoms with Crippen LogP contribution in [-0.4, -0.2) is 13.7 Å². The van der Waals surface area contributed by atoms with Gasteiger partial charge in [0.1, 0.15) is 18.1 Å². The molecule has 0 radical (unpaired) electrons. The summed E-state index contributed by atoms with van der Waals surface area (Å²) in [6.45, 7) is 3.82. The SMILES string of the molecule is CCCNC(c1ccc(COC)o1)C1CCC1. The molecule has 3 heteroatoms. The van der Waals surface area contributed by atoms with E-state index in [4.69, 9.17) is 9.15 Å². The van der Waals surface area contributed by atoms with E-state index in [1.54, 1.807) is 7.11 Å². The van der Waals surface area contributed by atoms with Gasteiger partial charge in [-0.15, -0.1) is 0 Å². The molecule has 0 aromatic carbocycles. The maximum atomic E-state index is 5.85. The minimum Gasteiger partial charge on any atom is -0.462 e. The van der Waals surface area contributed by atoms with Crippen LogP contribution in [0.2, 0.25) is 0 Å². The maximum Gasteiger partial charge on any atom is 0.129 e. The first-order chi connectivity index (χ1) is 8.35. The van der Waals surface area contributed by atoms with Crippen molar-refractivity contribution in [2.24, 2.45) is 5.92 Å². The molecule has 1 aromatic heterocycles. The Morgan fingerprint density at radius 3 is 2.88 bits per heavy atom. The summed E-state index contributed by atoms with van der Waals surface area (Å²) in [5.74, 6) is 2.75. The fraction of sp³-hybridized carbons (Fsp3) is 0.714. The molecule has 1 saturated carbocycles. The molecule has 1 atom stereocenters. The first-order valence-corrected chi connectivity index (χ1v) is 6.66. The van der Waals surface area contributed by atoms with Gasteiger partial charge in [-0.1, -0.05) is 13.3 Å². The topological polar surface area (TPSA) is 34.4 Å². The number of hydrogen-bond donors (Lipinski definition) is 1. The Morgan fingerprint density at radius 2 is 2.29 bits per heavy atom. The van der Waals surface area contributed by atoms with Crippen LogP contribution < -0.4 is 5.32 Å². The van der Waals surface area contributed by atoms with Crippen LogP contribution in [0.25, 0.3) is 0 Å². The predicted molar refractivity (Wildman–Crippen MR) is 67.8 cm³/mol. The lowest BCUT2D eigenvalue weighted by molar-refractivity contribution is 0.154. The summed E-state index contributed by atoms with van der Waals surface area (Å²) in [4.78, 5) is 0. The van der Waals surface area contributed by atoms with Crippen molar-refractivity contribution in [3.8, 4) is 0 Å². The first-order valence-electron chi connectivity index (χ1n) is 6.66. The van der Waals surface area contributed by atoms with Crippen molar-refractivity contribution in [3.05, 3.63) is 23.7 Å². The van der Waals surface area contributed by atoms with Crippen LogP contribution in [0.3, 0.4) is 0 Å². The van der Waals surface area contributed by atoms with Crippen molar-refractivity contribution < 1.29 is 9.15 Å². The predicted octanol–water partition coefficient (Wildman–Crippen LogP) is 3.27. The fourth-order valence-corrected chi connectivity index (χ4v) is 2.35. The van der Waals surface area contributed by atoms with Crippen molar-refractivity contribution >= 4 is 0 Å². The summed E-state index contributed by atoms with van der Waals surface area (Å²) in [5.41, 5.74) is 0. The molecule has 0 aliphatic heterocycles. The van der Waals surface area contributed by atoms with E-state index in [1.807, 2.05) is 6.07 Å². The van der Waals surface area contributed by atoms with Crippen molar-refractivity contribution in [3.63, 3.8) is 0 Å². The van der Waals surface area contributed by atoms with Gasteiger partial charge in [-0.3, -0.25) is 0 Å². The number of hydrogen-bond acceptors (Lipinski definition) is 3. The molecule has 1 fully saturated rings. The summed E-state index contributed by atoms with van der Waals surface area (Å²) in [7, 11) is 1.70. The molecule has 1 heterocycles. The Kier molecular flexibility index (Phi) is 4.63. The second-order valence-electron chi connectivity index (χ2n) is 4.86. The first kappa shape index (κ1) is 12.7. The molecule has 1 N–H and O–H groups in total. The van der Waals surface area contributed by atoms with Crippen molar-refractivity contribution in [2.45, 2.75) is 45.3 Å². The van der Waals surface area contributed by atoms with Gasteiger partial charge in [-0.2, -0.15) is 0 Å². The Hall–Kier alpha value is -0.800. The van der Waals surface area contributed by atoms with E-state index in [0.717, 1.165) is 30.4 Å². The second-order valence-corrected chi connectivity index (χ2v) is 4.86. The largest absolute Gasteiger partial charge is 0.462 e. The quantitative estimate of drug-likeness (QED) is 0.790. The third-order valence-corrected chi connectivity index (χ3v) is 3.51. The Morgan fingerprint density at radius 1 is 1.47 bits per heavy atom. The van der Waals surface area contributed by atoms with E-state index in [-0.39, 0.29) is 0 Å². The number of nitrogens with one attached hydrogen (secondary N) is 1. The number of rotatable bonds is 7. The highest BCUT2D eigenvalue weighted by Gasteiger charge is 2.30. The third kappa shape index (κ3) is 3.11. The van der Waals surface area contributed by atoms with Gasteiger partial charge in [-0.25, -0.2) is 0 Å². The minimum absolute atomic E-state index is 0.398. The lowest BCUT2D eigenvalue weighted by Crippen LogP contribution is -2.32. The third-order valence-electron chi connectivity index (χ3n) is 3.51. The zero-order valence-electron chi connectivity index (χ0n) is 10.9. The van der Waals surface area contributed by atoms with E-state index in [1.165, 1.54) is 19.3 Å². The number of furan rings is 1. The van der Waals surface area contributed by atoms with Crippen LogP contribution in [0.4, 0.5) is 0 Å². The molecule has 0 amide bonds. The molecule has 1 aliphatic rings. The van der Waals surface area contributed by atoms with E-state index in [9.17, 15) is 0 Å². The maximum absolute atomic E-state index is 5.85. The Labute approximate surface area is 104 Å². The van der Waals surface area contributed by atoms with Crippen molar-refractivity contribution in [1.29, 1.82) is 0 Å². The average molecular weight is 237 g/mol. The van der Waals surface area contributed by atoms with E-state index < -0.39 is 0 Å².